The molecule has 0 aliphatic rings. The predicted octanol–water partition coefficient (Wildman–Crippen LogP) is 2.27. The lowest BCUT2D eigenvalue weighted by Gasteiger charge is -2.27. The van der Waals surface area contributed by atoms with Crippen LogP contribution < -0.4 is 5.32 Å². The van der Waals surface area contributed by atoms with Gasteiger partial charge in [-0.1, -0.05) is 30.3 Å². The van der Waals surface area contributed by atoms with Gasteiger partial charge in [0.1, 0.15) is 11.6 Å². The Morgan fingerprint density at radius 3 is 2.13 bits per heavy atom. The van der Waals surface area contributed by atoms with Crippen LogP contribution >= 0.6 is 0 Å². The molecule has 1 aromatic carbocycles. The number of carboxylic acids is 1. The van der Waals surface area contributed by atoms with E-state index in [0.717, 1.165) is 6.92 Å². The number of ether oxygens (including phenoxy) is 2. The van der Waals surface area contributed by atoms with Crippen LogP contribution in [0, 0.1) is 0 Å². The van der Waals surface area contributed by atoms with Gasteiger partial charge in [-0.3, -0.25) is 4.79 Å². The van der Waals surface area contributed by atoms with E-state index >= 15 is 0 Å². The molecule has 1 aromatic rings. The van der Waals surface area contributed by atoms with Crippen LogP contribution in [0.15, 0.2) is 30.3 Å². The van der Waals surface area contributed by atoms with E-state index in [1.165, 1.54) is 0 Å². The first-order valence-corrected chi connectivity index (χ1v) is 7.04. The minimum atomic E-state index is -1.57. The second kappa shape index (κ2) is 7.62. The first kappa shape index (κ1) is 18.5. The van der Waals surface area contributed by atoms with Crippen LogP contribution in [0.5, 0.6) is 0 Å². The molecule has 0 unspecified atom stereocenters. The lowest BCUT2D eigenvalue weighted by atomic mass is 10.0. The highest BCUT2D eigenvalue weighted by molar-refractivity contribution is 5.79. The fraction of sp³-hybridized carbons (Fsp3) is 0.438. The Balaban J connectivity index is 3.08. The lowest BCUT2D eigenvalue weighted by molar-refractivity contribution is -0.164. The number of benzene rings is 1. The predicted molar refractivity (Wildman–Crippen MR) is 81.7 cm³/mol. The maximum atomic E-state index is 12.0. The zero-order valence-corrected chi connectivity index (χ0v) is 13.5. The summed E-state index contributed by atoms with van der Waals surface area (Å²) in [4.78, 5) is 34.6. The van der Waals surface area contributed by atoms with Crippen molar-refractivity contribution in [2.24, 2.45) is 0 Å². The molecule has 0 aliphatic heterocycles. The van der Waals surface area contributed by atoms with Crippen molar-refractivity contribution >= 4 is 18.0 Å². The molecule has 2 N–H and O–H groups in total. The fourth-order valence-corrected chi connectivity index (χ4v) is 1.87. The largest absolute Gasteiger partial charge is 0.478 e. The molecule has 0 fully saturated rings. The Kier molecular flexibility index (Phi) is 6.12. The molecule has 0 bridgehead atoms. The molecule has 0 heterocycles. The maximum absolute atomic E-state index is 12.0. The molecule has 0 spiro atoms. The molecule has 7 nitrogen and oxygen atoms in total. The molecular formula is C16H21NO6. The molecule has 0 saturated heterocycles. The molecule has 7 heteroatoms. The number of hydrogen-bond acceptors (Lipinski definition) is 5. The summed E-state index contributed by atoms with van der Waals surface area (Å²) >= 11 is 0. The third-order valence-electron chi connectivity index (χ3n) is 2.67. The molecule has 0 aliphatic carbocycles. The molecule has 126 valence electrons. The van der Waals surface area contributed by atoms with E-state index in [2.05, 4.69) is 5.32 Å². The molecule has 0 saturated carbocycles. The molecule has 0 aromatic heterocycles. The second-order valence-corrected chi connectivity index (χ2v) is 5.90. The summed E-state index contributed by atoms with van der Waals surface area (Å²) in [5.41, 5.74) is -0.266. The van der Waals surface area contributed by atoms with Gasteiger partial charge in [0.25, 0.3) is 0 Å². The number of esters is 1. The van der Waals surface area contributed by atoms with Crippen molar-refractivity contribution in [3.05, 3.63) is 35.9 Å². The highest BCUT2D eigenvalue weighted by Crippen LogP contribution is 2.21. The first-order valence-electron chi connectivity index (χ1n) is 7.04. The number of alkyl carbamates (subject to hydrolysis) is 1. The topological polar surface area (TPSA) is 102 Å². The highest BCUT2D eigenvalue weighted by Gasteiger charge is 2.34. The number of carboxylic acid groups (broad SMARTS) is 1. The minimum Gasteiger partial charge on any atom is -0.478 e. The monoisotopic (exact) mass is 323 g/mol. The Bertz CT molecular complexity index is 564. The molecule has 0 radical (unpaired) electrons. The Morgan fingerprint density at radius 1 is 1.13 bits per heavy atom. The van der Waals surface area contributed by atoms with Crippen molar-refractivity contribution in [3.8, 4) is 0 Å². The summed E-state index contributed by atoms with van der Waals surface area (Å²) in [6.07, 6.45) is -2.37. The maximum Gasteiger partial charge on any atom is 0.408 e. The summed E-state index contributed by atoms with van der Waals surface area (Å²) in [6.45, 7) is 6.16. The molecule has 2 atom stereocenters. The average Bonchev–Trinajstić information content (AvgIpc) is 2.41. The number of rotatable bonds is 5. The van der Waals surface area contributed by atoms with Gasteiger partial charge < -0.3 is 19.9 Å². The van der Waals surface area contributed by atoms with Crippen LogP contribution in [0.1, 0.15) is 39.3 Å². The highest BCUT2D eigenvalue weighted by atomic mass is 16.6. The van der Waals surface area contributed by atoms with Crippen molar-refractivity contribution in [2.45, 2.75) is 45.4 Å². The quantitative estimate of drug-likeness (QED) is 0.806. The van der Waals surface area contributed by atoms with Crippen molar-refractivity contribution in [1.29, 1.82) is 0 Å². The number of nitrogens with one attached hydrogen (secondary N) is 1. The Morgan fingerprint density at radius 2 is 1.70 bits per heavy atom. The summed E-state index contributed by atoms with van der Waals surface area (Å²) < 4.78 is 9.99. The number of hydrogen-bond donors (Lipinski definition) is 2. The van der Waals surface area contributed by atoms with Crippen molar-refractivity contribution in [3.63, 3.8) is 0 Å². The number of carbonyl (C=O) groups is 3. The zero-order chi connectivity index (χ0) is 17.6. The fourth-order valence-electron chi connectivity index (χ4n) is 1.87. The summed E-state index contributed by atoms with van der Waals surface area (Å²) in [7, 11) is 0. The van der Waals surface area contributed by atoms with Gasteiger partial charge in [-0.05, 0) is 26.3 Å². The van der Waals surface area contributed by atoms with E-state index < -0.39 is 35.8 Å². The number of aliphatic carboxylic acids is 1. The third-order valence-corrected chi connectivity index (χ3v) is 2.67. The van der Waals surface area contributed by atoms with E-state index in [0.29, 0.717) is 5.56 Å². The van der Waals surface area contributed by atoms with Gasteiger partial charge in [-0.15, -0.1) is 0 Å². The second-order valence-electron chi connectivity index (χ2n) is 5.90. The summed E-state index contributed by atoms with van der Waals surface area (Å²) in [5, 5.41) is 11.8. The van der Waals surface area contributed by atoms with Gasteiger partial charge in [0.15, 0.2) is 0 Å². The summed E-state index contributed by atoms with van der Waals surface area (Å²) in [6, 6.07) is 7.29. The lowest BCUT2D eigenvalue weighted by Crippen LogP contribution is -2.44. The van der Waals surface area contributed by atoms with Crippen LogP contribution in [0.4, 0.5) is 4.79 Å². The molecule has 1 amide bonds. The number of carbonyl (C=O) groups excluding carboxylic acids is 2. The third kappa shape index (κ3) is 6.37. The van der Waals surface area contributed by atoms with Crippen LogP contribution in [-0.2, 0) is 19.1 Å². The van der Waals surface area contributed by atoms with Crippen LogP contribution in [-0.4, -0.2) is 34.8 Å². The van der Waals surface area contributed by atoms with E-state index in [4.69, 9.17) is 9.47 Å². The zero-order valence-electron chi connectivity index (χ0n) is 13.5. The van der Waals surface area contributed by atoms with E-state index in [9.17, 15) is 19.5 Å². The molecule has 1 rings (SSSR count). The first-order chi connectivity index (χ1) is 10.6. The van der Waals surface area contributed by atoms with Crippen LogP contribution in [0.3, 0.4) is 0 Å². The smallest absolute Gasteiger partial charge is 0.408 e. The standard InChI is InChI=1S/C16H21NO6/c1-10(18)22-13(14(19)20)12(11-8-6-5-7-9-11)17-15(21)23-16(2,3)4/h5-9,12-13H,1-4H3,(H,17,21)(H,19,20)/t12-,13+/m0/s1. The average molecular weight is 323 g/mol. The van der Waals surface area contributed by atoms with Crippen molar-refractivity contribution in [2.75, 3.05) is 0 Å². The van der Waals surface area contributed by atoms with Crippen molar-refractivity contribution in [1.82, 2.24) is 5.32 Å². The Labute approximate surface area is 134 Å². The van der Waals surface area contributed by atoms with Crippen molar-refractivity contribution < 1.29 is 29.0 Å². The van der Waals surface area contributed by atoms with E-state index in [-0.39, 0.29) is 0 Å². The van der Waals surface area contributed by atoms with E-state index in [1.54, 1.807) is 51.1 Å². The molecule has 23 heavy (non-hydrogen) atoms. The van der Waals surface area contributed by atoms with Gasteiger partial charge >= 0.3 is 18.0 Å². The number of amides is 1. The van der Waals surface area contributed by atoms with Gasteiger partial charge in [-0.2, -0.15) is 0 Å². The van der Waals surface area contributed by atoms with Crippen LogP contribution in [0.2, 0.25) is 0 Å². The SMILES string of the molecule is CC(=O)O[C@@H](C(=O)O)[C@@H](NC(=O)OC(C)(C)C)c1ccccc1. The normalized spacial score (nSPS) is 13.6. The van der Waals surface area contributed by atoms with Gasteiger partial charge in [-0.25, -0.2) is 9.59 Å². The van der Waals surface area contributed by atoms with Crippen LogP contribution in [0.25, 0.3) is 0 Å². The van der Waals surface area contributed by atoms with Gasteiger partial charge in [0.2, 0.25) is 6.10 Å². The Hall–Kier alpha value is -2.57. The minimum absolute atomic E-state index is 0.479. The van der Waals surface area contributed by atoms with E-state index in [1.807, 2.05) is 0 Å². The summed E-state index contributed by atoms with van der Waals surface area (Å²) in [5.74, 6) is -2.13. The molecular weight excluding hydrogens is 302 g/mol. The van der Waals surface area contributed by atoms with Gasteiger partial charge in [0, 0.05) is 6.92 Å². The van der Waals surface area contributed by atoms with Gasteiger partial charge in [0.05, 0.1) is 0 Å².